The molecule has 0 unspecified atom stereocenters. The van der Waals surface area contributed by atoms with E-state index in [1.807, 2.05) is 11.3 Å². The molecule has 0 bridgehead atoms. The molecule has 0 amide bonds. The number of nitrogens with one attached hydrogen (secondary N) is 1. The van der Waals surface area contributed by atoms with Gasteiger partial charge in [-0.2, -0.15) is 0 Å². The highest BCUT2D eigenvalue weighted by Gasteiger charge is 2.22. The SMILES string of the molecule is CCCNCCC(C)(C)c1cccc2ccsc12. The zero-order valence-corrected chi connectivity index (χ0v) is 12.4. The maximum absolute atomic E-state index is 3.51. The highest BCUT2D eigenvalue weighted by Crippen LogP contribution is 2.35. The summed E-state index contributed by atoms with van der Waals surface area (Å²) in [6, 6.07) is 8.90. The monoisotopic (exact) mass is 261 g/mol. The Kier molecular flexibility index (Phi) is 4.41. The smallest absolute Gasteiger partial charge is 0.0380 e. The summed E-state index contributed by atoms with van der Waals surface area (Å²) in [5.41, 5.74) is 1.73. The van der Waals surface area contributed by atoms with E-state index >= 15 is 0 Å². The van der Waals surface area contributed by atoms with Crippen LogP contribution in [0.4, 0.5) is 0 Å². The van der Waals surface area contributed by atoms with Crippen molar-refractivity contribution in [3.8, 4) is 0 Å². The van der Waals surface area contributed by atoms with Gasteiger partial charge in [0.2, 0.25) is 0 Å². The molecule has 2 rings (SSSR count). The van der Waals surface area contributed by atoms with Crippen molar-refractivity contribution in [1.82, 2.24) is 5.32 Å². The van der Waals surface area contributed by atoms with Crippen LogP contribution in [-0.4, -0.2) is 13.1 Å². The van der Waals surface area contributed by atoms with E-state index in [2.05, 4.69) is 55.7 Å². The average molecular weight is 261 g/mol. The highest BCUT2D eigenvalue weighted by atomic mass is 32.1. The topological polar surface area (TPSA) is 12.0 Å². The molecule has 0 aliphatic carbocycles. The molecule has 0 radical (unpaired) electrons. The molecule has 1 nitrogen and oxygen atoms in total. The van der Waals surface area contributed by atoms with Gasteiger partial charge in [-0.15, -0.1) is 11.3 Å². The van der Waals surface area contributed by atoms with Crippen LogP contribution in [-0.2, 0) is 5.41 Å². The van der Waals surface area contributed by atoms with Gasteiger partial charge in [-0.25, -0.2) is 0 Å². The van der Waals surface area contributed by atoms with Crippen molar-refractivity contribution in [1.29, 1.82) is 0 Å². The second-order valence-corrected chi connectivity index (χ2v) is 6.44. The van der Waals surface area contributed by atoms with Crippen molar-refractivity contribution in [2.75, 3.05) is 13.1 Å². The fourth-order valence-electron chi connectivity index (χ4n) is 2.36. The van der Waals surface area contributed by atoms with Crippen LogP contribution in [0.15, 0.2) is 29.6 Å². The van der Waals surface area contributed by atoms with Gasteiger partial charge in [-0.05, 0) is 53.7 Å². The third kappa shape index (κ3) is 2.93. The Labute approximate surface area is 114 Å². The summed E-state index contributed by atoms with van der Waals surface area (Å²) in [4.78, 5) is 0. The number of thiophene rings is 1. The molecule has 0 saturated heterocycles. The summed E-state index contributed by atoms with van der Waals surface area (Å²) in [5, 5.41) is 7.08. The minimum Gasteiger partial charge on any atom is -0.317 e. The molecule has 0 atom stereocenters. The Balaban J connectivity index is 2.15. The Hall–Kier alpha value is -0.860. The predicted molar refractivity (Wildman–Crippen MR) is 82.6 cm³/mol. The van der Waals surface area contributed by atoms with Gasteiger partial charge in [-0.1, -0.05) is 39.0 Å². The lowest BCUT2D eigenvalue weighted by molar-refractivity contribution is 0.461. The zero-order chi connectivity index (χ0) is 13.0. The van der Waals surface area contributed by atoms with E-state index in [0.717, 1.165) is 13.1 Å². The minimum atomic E-state index is 0.241. The number of hydrogen-bond acceptors (Lipinski definition) is 2. The van der Waals surface area contributed by atoms with Gasteiger partial charge < -0.3 is 5.32 Å². The number of hydrogen-bond donors (Lipinski definition) is 1. The van der Waals surface area contributed by atoms with Crippen molar-refractivity contribution in [3.63, 3.8) is 0 Å². The first-order chi connectivity index (χ1) is 8.65. The molecule has 1 aromatic carbocycles. The van der Waals surface area contributed by atoms with Crippen LogP contribution >= 0.6 is 11.3 Å². The number of benzene rings is 1. The quantitative estimate of drug-likeness (QED) is 0.751. The van der Waals surface area contributed by atoms with Crippen molar-refractivity contribution in [3.05, 3.63) is 35.2 Å². The maximum Gasteiger partial charge on any atom is 0.0380 e. The Morgan fingerprint density at radius 2 is 2.00 bits per heavy atom. The Bertz CT molecular complexity index is 499. The molecule has 0 spiro atoms. The summed E-state index contributed by atoms with van der Waals surface area (Å²) in [6.45, 7) is 9.15. The average Bonchev–Trinajstić information content (AvgIpc) is 2.82. The molecule has 0 fully saturated rings. The fourth-order valence-corrected chi connectivity index (χ4v) is 3.46. The summed E-state index contributed by atoms with van der Waals surface area (Å²) in [6.07, 6.45) is 2.39. The van der Waals surface area contributed by atoms with Crippen molar-refractivity contribution >= 4 is 21.4 Å². The lowest BCUT2D eigenvalue weighted by Gasteiger charge is -2.26. The van der Waals surface area contributed by atoms with Gasteiger partial charge in [-0.3, -0.25) is 0 Å². The van der Waals surface area contributed by atoms with Crippen molar-refractivity contribution in [2.24, 2.45) is 0 Å². The molecule has 98 valence electrons. The van der Waals surface area contributed by atoms with Crippen molar-refractivity contribution in [2.45, 2.75) is 39.0 Å². The molecule has 0 aliphatic rings. The molecular formula is C16H23NS. The summed E-state index contributed by atoms with van der Waals surface area (Å²) < 4.78 is 1.46. The summed E-state index contributed by atoms with van der Waals surface area (Å²) in [5.74, 6) is 0. The van der Waals surface area contributed by atoms with E-state index in [1.54, 1.807) is 0 Å². The standard InChI is InChI=1S/C16H23NS/c1-4-10-17-11-9-16(2,3)14-7-5-6-13-8-12-18-15(13)14/h5-8,12,17H,4,9-11H2,1-3H3. The van der Waals surface area contributed by atoms with Crippen LogP contribution in [0.25, 0.3) is 10.1 Å². The van der Waals surface area contributed by atoms with Gasteiger partial charge in [0.25, 0.3) is 0 Å². The lowest BCUT2D eigenvalue weighted by atomic mass is 9.81. The van der Waals surface area contributed by atoms with Crippen LogP contribution < -0.4 is 5.32 Å². The third-order valence-corrected chi connectivity index (χ3v) is 4.53. The molecule has 0 saturated carbocycles. The van der Waals surface area contributed by atoms with Crippen LogP contribution in [0.1, 0.15) is 39.2 Å². The predicted octanol–water partition coefficient (Wildman–Crippen LogP) is 4.57. The zero-order valence-electron chi connectivity index (χ0n) is 11.6. The van der Waals surface area contributed by atoms with Crippen LogP contribution in [0.5, 0.6) is 0 Å². The van der Waals surface area contributed by atoms with E-state index < -0.39 is 0 Å². The first-order valence-corrected chi connectivity index (χ1v) is 7.70. The Morgan fingerprint density at radius 3 is 2.78 bits per heavy atom. The Morgan fingerprint density at radius 1 is 1.17 bits per heavy atom. The first-order valence-electron chi connectivity index (χ1n) is 6.82. The molecule has 1 aromatic heterocycles. The van der Waals surface area contributed by atoms with Gasteiger partial charge in [0, 0.05) is 4.70 Å². The molecule has 18 heavy (non-hydrogen) atoms. The van der Waals surface area contributed by atoms with Gasteiger partial charge in [0.15, 0.2) is 0 Å². The molecule has 1 heterocycles. The van der Waals surface area contributed by atoms with Crippen LogP contribution in [0.3, 0.4) is 0 Å². The lowest BCUT2D eigenvalue weighted by Crippen LogP contribution is -2.26. The van der Waals surface area contributed by atoms with E-state index in [4.69, 9.17) is 0 Å². The van der Waals surface area contributed by atoms with Gasteiger partial charge in [0.1, 0.15) is 0 Å². The number of rotatable bonds is 6. The molecule has 1 N–H and O–H groups in total. The first kappa shape index (κ1) is 13.6. The second kappa shape index (κ2) is 5.85. The van der Waals surface area contributed by atoms with E-state index in [-0.39, 0.29) is 5.41 Å². The molecule has 2 aromatic rings. The molecule has 2 heteroatoms. The minimum absolute atomic E-state index is 0.241. The molecule has 0 aliphatic heterocycles. The van der Waals surface area contributed by atoms with E-state index in [9.17, 15) is 0 Å². The summed E-state index contributed by atoms with van der Waals surface area (Å²) in [7, 11) is 0. The van der Waals surface area contributed by atoms with Crippen molar-refractivity contribution < 1.29 is 0 Å². The third-order valence-electron chi connectivity index (χ3n) is 3.56. The number of fused-ring (bicyclic) bond motifs is 1. The highest BCUT2D eigenvalue weighted by molar-refractivity contribution is 7.17. The normalized spacial score (nSPS) is 12.2. The van der Waals surface area contributed by atoms with Gasteiger partial charge in [0.05, 0.1) is 0 Å². The van der Waals surface area contributed by atoms with Crippen LogP contribution in [0.2, 0.25) is 0 Å². The van der Waals surface area contributed by atoms with Gasteiger partial charge >= 0.3 is 0 Å². The largest absolute Gasteiger partial charge is 0.317 e. The van der Waals surface area contributed by atoms with E-state index in [1.165, 1.54) is 28.5 Å². The second-order valence-electron chi connectivity index (χ2n) is 5.53. The fraction of sp³-hybridized carbons (Fsp3) is 0.500. The molecular weight excluding hydrogens is 238 g/mol. The van der Waals surface area contributed by atoms with E-state index in [0.29, 0.717) is 0 Å². The summed E-state index contributed by atoms with van der Waals surface area (Å²) >= 11 is 1.86. The maximum atomic E-state index is 3.51. The van der Waals surface area contributed by atoms with Crippen LogP contribution in [0, 0.1) is 0 Å².